The molecule has 0 saturated carbocycles. The maximum atomic E-state index is 13.0. The van der Waals surface area contributed by atoms with E-state index in [1.807, 2.05) is 17.0 Å². The third-order valence-corrected chi connectivity index (χ3v) is 6.09. The van der Waals surface area contributed by atoms with Gasteiger partial charge in [0, 0.05) is 31.2 Å². The Labute approximate surface area is 217 Å². The zero-order chi connectivity index (χ0) is 27.2. The molecule has 0 radical (unpaired) electrons. The SMILES string of the molecule is Cc1cc(NC(=O)OC(C)(C)C)ncc1-n1cc(C(=O)O)c(=O)c2cnc(N3Cc4cccnc4C3)cc21. The van der Waals surface area contributed by atoms with Crippen molar-refractivity contribution in [2.75, 3.05) is 10.2 Å². The number of pyridine rings is 4. The average Bonchev–Trinajstić information content (AvgIpc) is 3.28. The highest BCUT2D eigenvalue weighted by Crippen LogP contribution is 2.29. The summed E-state index contributed by atoms with van der Waals surface area (Å²) in [6.07, 6.45) is 5.32. The number of nitrogens with zero attached hydrogens (tertiary/aromatic N) is 5. The van der Waals surface area contributed by atoms with Crippen LogP contribution in [0.4, 0.5) is 16.4 Å². The molecule has 0 aliphatic carbocycles. The maximum absolute atomic E-state index is 13.0. The molecular formula is C27H26N6O5. The van der Waals surface area contributed by atoms with Crippen LogP contribution in [0.5, 0.6) is 0 Å². The van der Waals surface area contributed by atoms with Gasteiger partial charge in [0.05, 0.1) is 35.0 Å². The van der Waals surface area contributed by atoms with Gasteiger partial charge in [-0.1, -0.05) is 6.07 Å². The number of carbonyl (C=O) groups is 2. The van der Waals surface area contributed by atoms with E-state index < -0.39 is 23.1 Å². The van der Waals surface area contributed by atoms with E-state index in [-0.39, 0.29) is 16.8 Å². The predicted octanol–water partition coefficient (Wildman–Crippen LogP) is 4.05. The Bertz CT molecular complexity index is 1630. The van der Waals surface area contributed by atoms with E-state index in [1.54, 1.807) is 50.6 Å². The highest BCUT2D eigenvalue weighted by molar-refractivity contribution is 5.93. The van der Waals surface area contributed by atoms with Crippen molar-refractivity contribution in [2.45, 2.75) is 46.4 Å². The van der Waals surface area contributed by atoms with Gasteiger partial charge >= 0.3 is 12.1 Å². The molecular weight excluding hydrogens is 488 g/mol. The van der Waals surface area contributed by atoms with Crippen molar-refractivity contribution >= 4 is 34.6 Å². The van der Waals surface area contributed by atoms with Crippen LogP contribution in [0.3, 0.4) is 0 Å². The van der Waals surface area contributed by atoms with Gasteiger partial charge < -0.3 is 19.3 Å². The summed E-state index contributed by atoms with van der Waals surface area (Å²) in [5, 5.41) is 12.5. The third-order valence-electron chi connectivity index (χ3n) is 6.09. The van der Waals surface area contributed by atoms with Gasteiger partial charge in [-0.3, -0.25) is 15.1 Å². The number of fused-ring (bicyclic) bond motifs is 2. The molecule has 5 heterocycles. The van der Waals surface area contributed by atoms with Gasteiger partial charge in [-0.2, -0.15) is 0 Å². The van der Waals surface area contributed by atoms with Crippen molar-refractivity contribution < 1.29 is 19.4 Å². The van der Waals surface area contributed by atoms with E-state index in [2.05, 4.69) is 20.3 Å². The maximum Gasteiger partial charge on any atom is 0.413 e. The number of aryl methyl sites for hydroxylation is 1. The van der Waals surface area contributed by atoms with Crippen LogP contribution in [0.1, 0.15) is 48.0 Å². The summed E-state index contributed by atoms with van der Waals surface area (Å²) >= 11 is 0. The average molecular weight is 515 g/mol. The molecule has 1 amide bonds. The molecule has 0 spiro atoms. The van der Waals surface area contributed by atoms with Crippen molar-refractivity contribution in [3.63, 3.8) is 0 Å². The number of carbonyl (C=O) groups excluding carboxylic acids is 1. The Morgan fingerprint density at radius 2 is 1.89 bits per heavy atom. The van der Waals surface area contributed by atoms with Gasteiger partial charge in [0.1, 0.15) is 22.8 Å². The lowest BCUT2D eigenvalue weighted by molar-refractivity contribution is 0.0633. The van der Waals surface area contributed by atoms with E-state index in [4.69, 9.17) is 4.74 Å². The summed E-state index contributed by atoms with van der Waals surface area (Å²) in [7, 11) is 0. The topological polar surface area (TPSA) is 140 Å². The first-order valence-electron chi connectivity index (χ1n) is 11.9. The molecule has 11 nitrogen and oxygen atoms in total. The number of aromatic nitrogens is 4. The first-order chi connectivity index (χ1) is 18.0. The number of hydrogen-bond donors (Lipinski definition) is 2. The Morgan fingerprint density at radius 1 is 1.11 bits per heavy atom. The van der Waals surface area contributed by atoms with Crippen molar-refractivity contribution in [2.24, 2.45) is 0 Å². The molecule has 11 heteroatoms. The normalized spacial score (nSPS) is 12.9. The fourth-order valence-electron chi connectivity index (χ4n) is 4.37. The number of rotatable bonds is 4. The molecule has 1 aliphatic heterocycles. The molecule has 194 valence electrons. The Hall–Kier alpha value is -4.80. The van der Waals surface area contributed by atoms with Gasteiger partial charge in [0.2, 0.25) is 5.43 Å². The summed E-state index contributed by atoms with van der Waals surface area (Å²) in [5.41, 5.74) is 2.08. The highest BCUT2D eigenvalue weighted by Gasteiger charge is 2.23. The number of nitrogens with one attached hydrogen (secondary N) is 1. The highest BCUT2D eigenvalue weighted by atomic mass is 16.6. The second kappa shape index (κ2) is 9.25. The lowest BCUT2D eigenvalue weighted by atomic mass is 10.1. The number of carboxylic acid groups (broad SMARTS) is 1. The molecule has 0 bridgehead atoms. The van der Waals surface area contributed by atoms with Gasteiger partial charge in [0.25, 0.3) is 0 Å². The molecule has 1 aliphatic rings. The molecule has 4 aromatic heterocycles. The van der Waals surface area contributed by atoms with E-state index >= 15 is 0 Å². The number of anilines is 2. The van der Waals surface area contributed by atoms with Crippen molar-refractivity contribution in [1.82, 2.24) is 19.5 Å². The quantitative estimate of drug-likeness (QED) is 0.413. The Kier molecular flexibility index (Phi) is 6.06. The summed E-state index contributed by atoms with van der Waals surface area (Å²) in [4.78, 5) is 52.4. The van der Waals surface area contributed by atoms with Crippen LogP contribution >= 0.6 is 0 Å². The van der Waals surface area contributed by atoms with Crippen LogP contribution < -0.4 is 15.6 Å². The zero-order valence-corrected chi connectivity index (χ0v) is 21.3. The number of ether oxygens (including phenoxy) is 1. The van der Waals surface area contributed by atoms with Crippen molar-refractivity contribution in [1.29, 1.82) is 0 Å². The summed E-state index contributed by atoms with van der Waals surface area (Å²) in [5.74, 6) is -0.445. The molecule has 5 rings (SSSR count). The van der Waals surface area contributed by atoms with Gasteiger partial charge in [-0.15, -0.1) is 0 Å². The molecule has 0 unspecified atom stereocenters. The monoisotopic (exact) mass is 514 g/mol. The standard InChI is InChI=1S/C27H26N6O5/c1-15-8-22(31-26(37)38-27(2,3)4)29-11-21(15)33-13-18(25(35)36)24(34)17-10-30-23(9-20(17)33)32-12-16-6-5-7-28-19(16)14-32/h5-11,13H,12,14H2,1-4H3,(H,35,36)(H,29,31,37). The Balaban J connectivity index is 1.58. The molecule has 0 aromatic carbocycles. The van der Waals surface area contributed by atoms with E-state index in [0.717, 1.165) is 11.3 Å². The minimum absolute atomic E-state index is 0.166. The number of hydrogen-bond acceptors (Lipinski definition) is 8. The number of aromatic carboxylic acids is 1. The van der Waals surface area contributed by atoms with E-state index in [9.17, 15) is 19.5 Å². The van der Waals surface area contributed by atoms with Crippen LogP contribution in [-0.2, 0) is 17.8 Å². The van der Waals surface area contributed by atoms with Crippen molar-refractivity contribution in [3.8, 4) is 5.69 Å². The lowest BCUT2D eigenvalue weighted by Gasteiger charge is -2.20. The second-order valence-electron chi connectivity index (χ2n) is 10.1. The predicted molar refractivity (Wildman–Crippen MR) is 141 cm³/mol. The van der Waals surface area contributed by atoms with Crippen LogP contribution in [0.15, 0.2) is 53.8 Å². The Morgan fingerprint density at radius 3 is 2.58 bits per heavy atom. The first-order valence-corrected chi connectivity index (χ1v) is 11.9. The smallest absolute Gasteiger partial charge is 0.413 e. The van der Waals surface area contributed by atoms with Crippen LogP contribution in [0, 0.1) is 6.92 Å². The fraction of sp³-hybridized carbons (Fsp3) is 0.259. The van der Waals surface area contributed by atoms with E-state index in [1.165, 1.54) is 18.6 Å². The molecule has 4 aromatic rings. The largest absolute Gasteiger partial charge is 0.477 e. The van der Waals surface area contributed by atoms with Crippen molar-refractivity contribution in [3.05, 3.63) is 81.7 Å². The molecule has 2 N–H and O–H groups in total. The minimum Gasteiger partial charge on any atom is -0.477 e. The van der Waals surface area contributed by atoms with Crippen LogP contribution in [0.2, 0.25) is 0 Å². The zero-order valence-electron chi connectivity index (χ0n) is 21.3. The summed E-state index contributed by atoms with van der Waals surface area (Å²) in [6, 6.07) is 7.31. The summed E-state index contributed by atoms with van der Waals surface area (Å²) < 4.78 is 6.90. The van der Waals surface area contributed by atoms with E-state index in [0.29, 0.717) is 35.7 Å². The van der Waals surface area contributed by atoms with Gasteiger partial charge in [-0.05, 0) is 51.0 Å². The number of carboxylic acids is 1. The lowest BCUT2D eigenvalue weighted by Crippen LogP contribution is -2.27. The van der Waals surface area contributed by atoms with Crippen LogP contribution in [0.25, 0.3) is 16.6 Å². The van der Waals surface area contributed by atoms with Gasteiger partial charge in [0.15, 0.2) is 0 Å². The van der Waals surface area contributed by atoms with Crippen LogP contribution in [-0.4, -0.2) is 42.3 Å². The third kappa shape index (κ3) is 4.77. The molecule has 0 saturated heterocycles. The van der Waals surface area contributed by atoms with Gasteiger partial charge in [-0.25, -0.2) is 19.6 Å². The number of amides is 1. The first kappa shape index (κ1) is 24.9. The molecule has 0 atom stereocenters. The molecule has 38 heavy (non-hydrogen) atoms. The second-order valence-corrected chi connectivity index (χ2v) is 10.1. The fourth-order valence-corrected chi connectivity index (χ4v) is 4.37. The summed E-state index contributed by atoms with van der Waals surface area (Å²) in [6.45, 7) is 8.26. The minimum atomic E-state index is -1.34. The molecule has 0 fully saturated rings.